The van der Waals surface area contributed by atoms with Crippen LogP contribution in [0.5, 0.6) is 0 Å². The number of carbonyl (C=O) groups excluding carboxylic acids is 1. The fourth-order valence-electron chi connectivity index (χ4n) is 3.35. The molecule has 1 amide bonds. The largest absolute Gasteiger partial charge is 0.444 e. The van der Waals surface area contributed by atoms with Gasteiger partial charge in [-0.25, -0.2) is 4.79 Å². The van der Waals surface area contributed by atoms with Crippen molar-refractivity contribution < 1.29 is 19.0 Å². The quantitative estimate of drug-likeness (QED) is 0.584. The number of rotatable bonds is 9. The van der Waals surface area contributed by atoms with E-state index in [-0.39, 0.29) is 6.09 Å². The van der Waals surface area contributed by atoms with Crippen LogP contribution >= 0.6 is 0 Å². The van der Waals surface area contributed by atoms with Gasteiger partial charge in [0.1, 0.15) is 5.60 Å². The Hall–Kier alpha value is -0.850. The zero-order chi connectivity index (χ0) is 19.0. The lowest BCUT2D eigenvalue weighted by Gasteiger charge is -2.35. The van der Waals surface area contributed by atoms with Gasteiger partial charge in [-0.3, -0.25) is 4.90 Å². The Morgan fingerprint density at radius 1 is 1.00 bits per heavy atom. The van der Waals surface area contributed by atoms with Crippen molar-refractivity contribution in [1.29, 1.82) is 0 Å². The molecule has 152 valence electrons. The van der Waals surface area contributed by atoms with Gasteiger partial charge in [-0.2, -0.15) is 0 Å². The van der Waals surface area contributed by atoms with Crippen LogP contribution in [-0.2, 0) is 14.2 Å². The number of nitrogens with zero attached hydrogens (tertiary/aromatic N) is 2. The maximum absolute atomic E-state index is 12.0. The molecule has 0 bridgehead atoms. The summed E-state index contributed by atoms with van der Waals surface area (Å²) in [7, 11) is 0. The maximum atomic E-state index is 12.0. The van der Waals surface area contributed by atoms with Crippen LogP contribution in [0.4, 0.5) is 4.79 Å². The zero-order valence-corrected chi connectivity index (χ0v) is 17.2. The summed E-state index contributed by atoms with van der Waals surface area (Å²) < 4.78 is 16.9. The Labute approximate surface area is 159 Å². The normalized spacial score (nSPS) is 24.4. The van der Waals surface area contributed by atoms with Crippen LogP contribution in [0.2, 0.25) is 0 Å². The van der Waals surface area contributed by atoms with Gasteiger partial charge in [0.05, 0.1) is 6.10 Å². The van der Waals surface area contributed by atoms with Crippen LogP contribution in [-0.4, -0.2) is 80.1 Å². The summed E-state index contributed by atoms with van der Waals surface area (Å²) in [4.78, 5) is 16.2. The third kappa shape index (κ3) is 8.23. The van der Waals surface area contributed by atoms with E-state index in [1.807, 2.05) is 20.8 Å². The molecule has 0 radical (unpaired) electrons. The van der Waals surface area contributed by atoms with Crippen LogP contribution in [0.15, 0.2) is 0 Å². The fraction of sp³-hybridized carbons (Fsp3) is 0.950. The van der Waals surface area contributed by atoms with Gasteiger partial charge in [-0.05, 0) is 52.4 Å². The second-order valence-corrected chi connectivity index (χ2v) is 8.70. The van der Waals surface area contributed by atoms with Crippen LogP contribution in [0.25, 0.3) is 0 Å². The molecular weight excluding hydrogens is 332 g/mol. The highest BCUT2D eigenvalue weighted by Gasteiger charge is 2.26. The first-order valence-corrected chi connectivity index (χ1v) is 10.2. The topological polar surface area (TPSA) is 51.2 Å². The lowest BCUT2D eigenvalue weighted by atomic mass is 9.84. The summed E-state index contributed by atoms with van der Waals surface area (Å²) in [5.74, 6) is 0.849. The van der Waals surface area contributed by atoms with Crippen LogP contribution < -0.4 is 0 Å². The number of carbonyl (C=O) groups is 1. The molecule has 1 aliphatic carbocycles. The lowest BCUT2D eigenvalue weighted by molar-refractivity contribution is -0.0331. The van der Waals surface area contributed by atoms with Gasteiger partial charge in [-0.1, -0.05) is 6.92 Å². The molecule has 0 N–H and O–H groups in total. The van der Waals surface area contributed by atoms with Gasteiger partial charge in [0, 0.05) is 52.5 Å². The van der Waals surface area contributed by atoms with E-state index in [1.54, 1.807) is 4.90 Å². The van der Waals surface area contributed by atoms with Crippen LogP contribution in [0.3, 0.4) is 0 Å². The lowest BCUT2D eigenvalue weighted by Crippen LogP contribution is -2.50. The second kappa shape index (κ2) is 10.5. The molecule has 2 rings (SSSR count). The van der Waals surface area contributed by atoms with Crippen molar-refractivity contribution in [2.45, 2.75) is 65.1 Å². The molecule has 0 spiro atoms. The summed E-state index contributed by atoms with van der Waals surface area (Å²) in [5.41, 5.74) is -0.424. The zero-order valence-electron chi connectivity index (χ0n) is 17.2. The Morgan fingerprint density at radius 2 is 1.65 bits per heavy atom. The SMILES string of the molecule is CC(C)(C)OC(=O)N1CCN(CCCOCCCO[C@H]2C[C@H](C)C2)CC1. The van der Waals surface area contributed by atoms with Crippen LogP contribution in [0.1, 0.15) is 53.4 Å². The third-order valence-electron chi connectivity index (χ3n) is 4.90. The van der Waals surface area contributed by atoms with Gasteiger partial charge < -0.3 is 19.1 Å². The molecule has 1 saturated carbocycles. The minimum Gasteiger partial charge on any atom is -0.444 e. The molecule has 26 heavy (non-hydrogen) atoms. The molecule has 1 saturated heterocycles. The van der Waals surface area contributed by atoms with E-state index in [9.17, 15) is 4.79 Å². The Morgan fingerprint density at radius 3 is 2.27 bits per heavy atom. The molecular formula is C20H38N2O4. The summed E-state index contributed by atoms with van der Waals surface area (Å²) in [6, 6.07) is 0. The van der Waals surface area contributed by atoms with E-state index < -0.39 is 5.60 Å². The first-order valence-electron chi connectivity index (χ1n) is 10.2. The minimum atomic E-state index is -0.424. The van der Waals surface area contributed by atoms with Gasteiger partial charge in [0.2, 0.25) is 0 Å². The standard InChI is InChI=1S/C20H38N2O4/c1-17-15-18(16-17)25-14-6-13-24-12-5-7-21-8-10-22(11-9-21)19(23)26-20(2,3)4/h17-18H,5-16H2,1-4H3/t17-,18-. The van der Waals surface area contributed by atoms with Crippen LogP contribution in [0, 0.1) is 5.92 Å². The van der Waals surface area contributed by atoms with Crippen molar-refractivity contribution in [2.24, 2.45) is 5.92 Å². The van der Waals surface area contributed by atoms with Gasteiger partial charge in [0.25, 0.3) is 0 Å². The third-order valence-corrected chi connectivity index (χ3v) is 4.90. The Kier molecular flexibility index (Phi) is 8.64. The minimum absolute atomic E-state index is 0.195. The predicted molar refractivity (Wildman–Crippen MR) is 102 cm³/mol. The van der Waals surface area contributed by atoms with Crippen molar-refractivity contribution in [3.63, 3.8) is 0 Å². The summed E-state index contributed by atoms with van der Waals surface area (Å²) in [6.45, 7) is 14.7. The van der Waals surface area contributed by atoms with Crippen molar-refractivity contribution in [2.75, 3.05) is 52.5 Å². The van der Waals surface area contributed by atoms with Gasteiger partial charge >= 0.3 is 6.09 Å². The molecule has 2 aliphatic rings. The number of amides is 1. The highest BCUT2D eigenvalue weighted by atomic mass is 16.6. The predicted octanol–water partition coefficient (Wildman–Crippen LogP) is 3.15. The Balaban J connectivity index is 1.41. The van der Waals surface area contributed by atoms with Crippen molar-refractivity contribution >= 4 is 6.09 Å². The summed E-state index contributed by atoms with van der Waals surface area (Å²) >= 11 is 0. The number of hydrogen-bond donors (Lipinski definition) is 0. The molecule has 0 aromatic carbocycles. The Bertz CT molecular complexity index is 411. The number of hydrogen-bond acceptors (Lipinski definition) is 5. The molecule has 1 aliphatic heterocycles. The molecule has 1 heterocycles. The maximum Gasteiger partial charge on any atom is 0.410 e. The van der Waals surface area contributed by atoms with Crippen molar-refractivity contribution in [3.05, 3.63) is 0 Å². The average molecular weight is 371 g/mol. The van der Waals surface area contributed by atoms with Crippen molar-refractivity contribution in [1.82, 2.24) is 9.80 Å². The molecule has 0 aromatic rings. The highest BCUT2D eigenvalue weighted by Crippen LogP contribution is 2.29. The molecule has 0 atom stereocenters. The number of ether oxygens (including phenoxy) is 3. The van der Waals surface area contributed by atoms with E-state index in [2.05, 4.69) is 11.8 Å². The average Bonchev–Trinajstić information content (AvgIpc) is 2.54. The highest BCUT2D eigenvalue weighted by molar-refractivity contribution is 5.68. The van der Waals surface area contributed by atoms with Gasteiger partial charge in [-0.15, -0.1) is 0 Å². The van der Waals surface area contributed by atoms with E-state index >= 15 is 0 Å². The molecule has 6 heteroatoms. The molecule has 0 aromatic heterocycles. The monoisotopic (exact) mass is 370 g/mol. The molecule has 2 fully saturated rings. The smallest absolute Gasteiger partial charge is 0.410 e. The van der Waals surface area contributed by atoms with E-state index in [0.29, 0.717) is 6.10 Å². The molecule has 0 unspecified atom stereocenters. The first-order chi connectivity index (χ1) is 12.3. The fourth-order valence-corrected chi connectivity index (χ4v) is 3.35. The van der Waals surface area contributed by atoms with Gasteiger partial charge in [0.15, 0.2) is 0 Å². The van der Waals surface area contributed by atoms with Crippen molar-refractivity contribution in [3.8, 4) is 0 Å². The van der Waals surface area contributed by atoms with E-state index in [0.717, 1.165) is 71.3 Å². The first kappa shape index (κ1) is 21.5. The molecule has 6 nitrogen and oxygen atoms in total. The van der Waals surface area contributed by atoms with E-state index in [1.165, 1.54) is 12.8 Å². The van der Waals surface area contributed by atoms with E-state index in [4.69, 9.17) is 14.2 Å². The second-order valence-electron chi connectivity index (χ2n) is 8.70. The number of piperazine rings is 1. The summed E-state index contributed by atoms with van der Waals surface area (Å²) in [5, 5.41) is 0. The summed E-state index contributed by atoms with van der Waals surface area (Å²) in [6.07, 6.45) is 4.78.